The summed E-state index contributed by atoms with van der Waals surface area (Å²) in [7, 11) is 2.30. The first-order chi connectivity index (χ1) is 14.4. The van der Waals surface area contributed by atoms with Crippen molar-refractivity contribution in [3.63, 3.8) is 0 Å². The average Bonchev–Trinajstić information content (AvgIpc) is 3.29. The molecule has 1 aliphatic rings. The maximum atomic E-state index is 13.2. The highest BCUT2D eigenvalue weighted by atomic mass is 16.5. The molecule has 2 heterocycles. The van der Waals surface area contributed by atoms with Gasteiger partial charge in [0.2, 0.25) is 0 Å². The molecule has 0 fully saturated rings. The number of carbonyl (C=O) groups excluding carboxylic acids is 3. The van der Waals surface area contributed by atoms with E-state index in [1.54, 1.807) is 18.3 Å². The summed E-state index contributed by atoms with van der Waals surface area (Å²) in [6.07, 6.45) is 1.75. The zero-order chi connectivity index (χ0) is 21.5. The highest BCUT2D eigenvalue weighted by Crippen LogP contribution is 2.40. The number of nitrogens with one attached hydrogen (secondary N) is 1. The van der Waals surface area contributed by atoms with Gasteiger partial charge in [0, 0.05) is 34.6 Å². The molecular formula is C22H20N2O6. The number of aliphatic hydroxyl groups is 1. The predicted octanol–water partition coefficient (Wildman–Crippen LogP) is 1.73. The zero-order valence-corrected chi connectivity index (χ0v) is 16.4. The van der Waals surface area contributed by atoms with E-state index in [2.05, 4.69) is 4.98 Å². The molecule has 0 spiro atoms. The number of hydrogen-bond donors (Lipinski definition) is 2. The van der Waals surface area contributed by atoms with E-state index >= 15 is 0 Å². The zero-order valence-electron chi connectivity index (χ0n) is 16.4. The van der Waals surface area contributed by atoms with Gasteiger partial charge in [-0.05, 0) is 17.7 Å². The number of amides is 1. The van der Waals surface area contributed by atoms with E-state index in [0.29, 0.717) is 0 Å². The number of ether oxygens (including phenoxy) is 2. The molecule has 1 aliphatic heterocycles. The van der Waals surface area contributed by atoms with Crippen LogP contribution < -0.4 is 0 Å². The standard InChI is InChI=1S/C22H20N2O6/c1-29-20(26)18(11-13-12-23-17-10-6-4-7-14(13)17)24-19(25)15-8-3-5-9-16(15)22(24,28)21(27)30-2/h3-10,12,18,23,28H,11H2,1-2H3/t18-,22-/m0/s1. The molecule has 1 amide bonds. The van der Waals surface area contributed by atoms with E-state index in [9.17, 15) is 19.5 Å². The highest BCUT2D eigenvalue weighted by molar-refractivity contribution is 6.07. The number of methoxy groups -OCH3 is 2. The van der Waals surface area contributed by atoms with Crippen molar-refractivity contribution >= 4 is 28.7 Å². The van der Waals surface area contributed by atoms with Crippen molar-refractivity contribution in [3.8, 4) is 0 Å². The van der Waals surface area contributed by atoms with Gasteiger partial charge in [0.15, 0.2) is 0 Å². The monoisotopic (exact) mass is 408 g/mol. The van der Waals surface area contributed by atoms with Gasteiger partial charge < -0.3 is 19.6 Å². The predicted molar refractivity (Wildman–Crippen MR) is 106 cm³/mol. The van der Waals surface area contributed by atoms with Crippen molar-refractivity contribution in [2.75, 3.05) is 14.2 Å². The number of rotatable bonds is 5. The van der Waals surface area contributed by atoms with Crippen molar-refractivity contribution in [2.24, 2.45) is 0 Å². The van der Waals surface area contributed by atoms with Gasteiger partial charge in [-0.3, -0.25) is 9.69 Å². The molecule has 30 heavy (non-hydrogen) atoms. The molecule has 0 saturated carbocycles. The maximum absolute atomic E-state index is 13.2. The van der Waals surface area contributed by atoms with Crippen LogP contribution in [0.2, 0.25) is 0 Å². The van der Waals surface area contributed by atoms with Crippen LogP contribution in [0.1, 0.15) is 21.5 Å². The first-order valence-electron chi connectivity index (χ1n) is 9.30. The number of nitrogens with zero attached hydrogens (tertiary/aromatic N) is 1. The Morgan fingerprint density at radius 3 is 2.53 bits per heavy atom. The van der Waals surface area contributed by atoms with Crippen molar-refractivity contribution < 1.29 is 29.0 Å². The summed E-state index contributed by atoms with van der Waals surface area (Å²) >= 11 is 0. The molecule has 0 radical (unpaired) electrons. The maximum Gasteiger partial charge on any atom is 0.364 e. The molecule has 4 rings (SSSR count). The van der Waals surface area contributed by atoms with Crippen LogP contribution in [0.5, 0.6) is 0 Å². The van der Waals surface area contributed by atoms with Crippen LogP contribution in [0.3, 0.4) is 0 Å². The van der Waals surface area contributed by atoms with Crippen molar-refractivity contribution in [3.05, 3.63) is 71.4 Å². The third-order valence-corrected chi connectivity index (χ3v) is 5.44. The molecule has 2 aromatic carbocycles. The summed E-state index contributed by atoms with van der Waals surface area (Å²) in [5.74, 6) is -2.48. The Kier molecular flexibility index (Phi) is 4.79. The topological polar surface area (TPSA) is 109 Å². The minimum absolute atomic E-state index is 0.0235. The van der Waals surface area contributed by atoms with Crippen LogP contribution in [-0.4, -0.2) is 53.1 Å². The van der Waals surface area contributed by atoms with Crippen molar-refractivity contribution in [2.45, 2.75) is 18.2 Å². The van der Waals surface area contributed by atoms with Gasteiger partial charge in [0.05, 0.1) is 14.2 Å². The quantitative estimate of drug-likeness (QED) is 0.623. The van der Waals surface area contributed by atoms with Gasteiger partial charge in [0.25, 0.3) is 11.6 Å². The second-order valence-electron chi connectivity index (χ2n) is 6.99. The number of para-hydroxylation sites is 1. The number of fused-ring (bicyclic) bond motifs is 2. The Balaban J connectivity index is 1.85. The summed E-state index contributed by atoms with van der Waals surface area (Å²) in [5.41, 5.74) is -0.673. The van der Waals surface area contributed by atoms with Crippen LogP contribution in [0, 0.1) is 0 Å². The van der Waals surface area contributed by atoms with Crippen molar-refractivity contribution in [1.82, 2.24) is 9.88 Å². The number of H-pyrrole nitrogens is 1. The molecule has 0 unspecified atom stereocenters. The minimum atomic E-state index is -2.45. The van der Waals surface area contributed by atoms with Gasteiger partial charge in [-0.25, -0.2) is 9.59 Å². The van der Waals surface area contributed by atoms with Crippen LogP contribution in [-0.2, 0) is 31.2 Å². The summed E-state index contributed by atoms with van der Waals surface area (Å²) in [5, 5.41) is 12.3. The fourth-order valence-corrected chi connectivity index (χ4v) is 4.02. The first kappa shape index (κ1) is 19.7. The van der Waals surface area contributed by atoms with E-state index in [4.69, 9.17) is 9.47 Å². The third kappa shape index (κ3) is 2.76. The van der Waals surface area contributed by atoms with Crippen LogP contribution in [0.4, 0.5) is 0 Å². The smallest absolute Gasteiger partial charge is 0.364 e. The van der Waals surface area contributed by atoms with E-state index in [0.717, 1.165) is 28.5 Å². The first-order valence-corrected chi connectivity index (χ1v) is 9.30. The van der Waals surface area contributed by atoms with E-state index in [-0.39, 0.29) is 17.5 Å². The number of aromatic nitrogens is 1. The largest absolute Gasteiger partial charge is 0.467 e. The molecule has 0 bridgehead atoms. The van der Waals surface area contributed by atoms with Gasteiger partial charge in [-0.2, -0.15) is 0 Å². The number of aromatic amines is 1. The van der Waals surface area contributed by atoms with Gasteiger partial charge in [-0.1, -0.05) is 36.4 Å². The summed E-state index contributed by atoms with van der Waals surface area (Å²) < 4.78 is 9.73. The molecule has 0 saturated heterocycles. The second-order valence-corrected chi connectivity index (χ2v) is 6.99. The lowest BCUT2D eigenvalue weighted by atomic mass is 9.98. The summed E-state index contributed by atoms with van der Waals surface area (Å²) in [6.45, 7) is 0. The molecular weight excluding hydrogens is 388 g/mol. The lowest BCUT2D eigenvalue weighted by Crippen LogP contribution is -2.58. The molecule has 2 N–H and O–H groups in total. The third-order valence-electron chi connectivity index (χ3n) is 5.44. The molecule has 154 valence electrons. The lowest BCUT2D eigenvalue weighted by Gasteiger charge is -2.36. The van der Waals surface area contributed by atoms with Crippen molar-refractivity contribution in [1.29, 1.82) is 0 Å². The van der Waals surface area contributed by atoms with Crippen LogP contribution in [0.25, 0.3) is 10.9 Å². The fraction of sp³-hybridized carbons (Fsp3) is 0.227. The molecule has 0 aliphatic carbocycles. The number of carbonyl (C=O) groups is 3. The minimum Gasteiger partial charge on any atom is -0.467 e. The SMILES string of the molecule is COC(=O)[C@H](Cc1c[nH]c2ccccc12)N1C(=O)c2ccccc2[C@]1(O)C(=O)OC. The number of benzene rings is 2. The van der Waals surface area contributed by atoms with Gasteiger partial charge in [-0.15, -0.1) is 0 Å². The number of esters is 2. The van der Waals surface area contributed by atoms with Crippen LogP contribution in [0.15, 0.2) is 54.7 Å². The lowest BCUT2D eigenvalue weighted by molar-refractivity contribution is -0.188. The Bertz CT molecular complexity index is 1150. The second kappa shape index (κ2) is 7.31. The average molecular weight is 408 g/mol. The van der Waals surface area contributed by atoms with Gasteiger partial charge in [0.1, 0.15) is 6.04 Å². The van der Waals surface area contributed by atoms with E-state index in [1.165, 1.54) is 19.2 Å². The molecule has 8 nitrogen and oxygen atoms in total. The Morgan fingerprint density at radius 2 is 1.80 bits per heavy atom. The molecule has 1 aromatic heterocycles. The normalized spacial score (nSPS) is 18.9. The highest BCUT2D eigenvalue weighted by Gasteiger charge is 2.59. The van der Waals surface area contributed by atoms with Crippen LogP contribution >= 0.6 is 0 Å². The fourth-order valence-electron chi connectivity index (χ4n) is 4.02. The Labute approximate surface area is 172 Å². The molecule has 8 heteroatoms. The van der Waals surface area contributed by atoms with E-state index < -0.39 is 29.6 Å². The molecule has 2 atom stereocenters. The Morgan fingerprint density at radius 1 is 1.10 bits per heavy atom. The van der Waals surface area contributed by atoms with E-state index in [1.807, 2.05) is 24.3 Å². The Hall–Kier alpha value is -3.65. The summed E-state index contributed by atoms with van der Waals surface area (Å²) in [6, 6.07) is 12.4. The summed E-state index contributed by atoms with van der Waals surface area (Å²) in [4.78, 5) is 42.6. The van der Waals surface area contributed by atoms with Gasteiger partial charge >= 0.3 is 11.9 Å². The molecule has 3 aromatic rings. The number of hydrogen-bond acceptors (Lipinski definition) is 6.